The van der Waals surface area contributed by atoms with E-state index >= 15 is 0 Å². The van der Waals surface area contributed by atoms with Crippen molar-refractivity contribution in [2.24, 2.45) is 17.8 Å². The van der Waals surface area contributed by atoms with Gasteiger partial charge in [0.1, 0.15) is 6.10 Å². The first-order valence-electron chi connectivity index (χ1n) is 12.2. The van der Waals surface area contributed by atoms with Gasteiger partial charge in [0.25, 0.3) is 0 Å². The maximum atomic E-state index is 10.8. The molecule has 0 aromatic carbocycles. The van der Waals surface area contributed by atoms with Crippen molar-refractivity contribution < 1.29 is 19.0 Å². The highest BCUT2D eigenvalue weighted by Gasteiger charge is 2.64. The number of hydrogen-bond donors (Lipinski definition) is 1. The SMILES string of the molecule is CCCCCCCC(C#CC1CC2C(CC23OCCO3)C1O)O[Si](C)(C)C(C)(C)C. The largest absolute Gasteiger partial charge is 0.403 e. The Hall–Kier alpha value is -0.383. The summed E-state index contributed by atoms with van der Waals surface area (Å²) in [7, 11) is -1.88. The van der Waals surface area contributed by atoms with E-state index in [-0.39, 0.29) is 29.1 Å². The minimum Gasteiger partial charge on any atom is -0.403 e. The molecule has 1 aliphatic heterocycles. The molecule has 5 heteroatoms. The van der Waals surface area contributed by atoms with Gasteiger partial charge in [-0.15, -0.1) is 0 Å². The second kappa shape index (κ2) is 9.63. The first-order valence-corrected chi connectivity index (χ1v) is 15.2. The van der Waals surface area contributed by atoms with Crippen LogP contribution in [-0.4, -0.2) is 44.6 Å². The molecule has 0 aromatic rings. The van der Waals surface area contributed by atoms with Gasteiger partial charge in [0, 0.05) is 18.3 Å². The second-order valence-electron chi connectivity index (χ2n) is 11.2. The molecule has 4 nitrogen and oxygen atoms in total. The molecule has 3 fully saturated rings. The van der Waals surface area contributed by atoms with E-state index in [2.05, 4.69) is 52.6 Å². The van der Waals surface area contributed by atoms with Crippen molar-refractivity contribution in [3.05, 3.63) is 0 Å². The Morgan fingerprint density at radius 3 is 2.43 bits per heavy atom. The van der Waals surface area contributed by atoms with Gasteiger partial charge in [-0.05, 0) is 43.3 Å². The standard InChI is InChI=1S/C25H44O4Si/c1-7-8-9-10-11-12-20(29-30(5,6)24(2,3)4)14-13-19-17-22-21(23(19)26)18-25(22)27-15-16-28-25/h19-23,26H,7-12,15-18H2,1-6H3. The number of unbranched alkanes of at least 4 members (excludes halogenated alkanes) is 4. The van der Waals surface area contributed by atoms with Gasteiger partial charge < -0.3 is 19.0 Å². The number of rotatable bonds is 8. The zero-order chi connectivity index (χ0) is 22.0. The van der Waals surface area contributed by atoms with Crippen LogP contribution in [0.1, 0.15) is 79.1 Å². The predicted octanol–water partition coefficient (Wildman–Crippen LogP) is 5.50. The second-order valence-corrected chi connectivity index (χ2v) is 15.9. The molecular formula is C25H44O4Si. The molecule has 1 spiro atoms. The van der Waals surface area contributed by atoms with E-state index in [4.69, 9.17) is 13.9 Å². The van der Waals surface area contributed by atoms with Gasteiger partial charge in [-0.25, -0.2) is 0 Å². The summed E-state index contributed by atoms with van der Waals surface area (Å²) < 4.78 is 18.5. The summed E-state index contributed by atoms with van der Waals surface area (Å²) in [6.45, 7) is 15.1. The van der Waals surface area contributed by atoms with Crippen molar-refractivity contribution >= 4 is 8.32 Å². The zero-order valence-corrected chi connectivity index (χ0v) is 21.1. The molecule has 0 amide bonds. The predicted molar refractivity (Wildman–Crippen MR) is 124 cm³/mol. The lowest BCUT2D eigenvalue weighted by molar-refractivity contribution is -0.275. The van der Waals surface area contributed by atoms with Gasteiger partial charge >= 0.3 is 0 Å². The van der Waals surface area contributed by atoms with Gasteiger partial charge in [-0.2, -0.15) is 0 Å². The Balaban J connectivity index is 1.63. The van der Waals surface area contributed by atoms with Crippen molar-refractivity contribution in [1.82, 2.24) is 0 Å². The maximum absolute atomic E-state index is 10.8. The maximum Gasteiger partial charge on any atom is 0.193 e. The van der Waals surface area contributed by atoms with Crippen LogP contribution >= 0.6 is 0 Å². The smallest absolute Gasteiger partial charge is 0.193 e. The number of aliphatic hydroxyl groups excluding tert-OH is 1. The summed E-state index contributed by atoms with van der Waals surface area (Å²) in [5, 5.41) is 11.0. The summed E-state index contributed by atoms with van der Waals surface area (Å²) >= 11 is 0. The highest BCUT2D eigenvalue weighted by molar-refractivity contribution is 6.74. The Labute approximate surface area is 185 Å². The van der Waals surface area contributed by atoms with Crippen LogP contribution in [0.3, 0.4) is 0 Å². The molecule has 2 aliphatic carbocycles. The highest BCUT2D eigenvalue weighted by atomic mass is 28.4. The third-order valence-electron chi connectivity index (χ3n) is 7.98. The zero-order valence-electron chi connectivity index (χ0n) is 20.1. The van der Waals surface area contributed by atoms with Crippen LogP contribution in [-0.2, 0) is 13.9 Å². The summed E-state index contributed by atoms with van der Waals surface area (Å²) in [6, 6.07) is 0. The molecule has 1 saturated heterocycles. The molecule has 5 atom stereocenters. The molecule has 30 heavy (non-hydrogen) atoms. The number of fused-ring (bicyclic) bond motifs is 2. The number of ether oxygens (including phenoxy) is 2. The molecule has 5 unspecified atom stereocenters. The van der Waals surface area contributed by atoms with E-state index in [0.717, 1.165) is 25.7 Å². The summed E-state index contributed by atoms with van der Waals surface area (Å²) in [5.74, 6) is 7.09. The monoisotopic (exact) mass is 436 g/mol. The van der Waals surface area contributed by atoms with Gasteiger partial charge in [-0.1, -0.05) is 65.2 Å². The van der Waals surface area contributed by atoms with Crippen LogP contribution < -0.4 is 0 Å². The first-order chi connectivity index (χ1) is 14.1. The lowest BCUT2D eigenvalue weighted by atomic mass is 9.69. The number of hydrogen-bond acceptors (Lipinski definition) is 4. The molecule has 2 saturated carbocycles. The van der Waals surface area contributed by atoms with Crippen molar-refractivity contribution in [3.8, 4) is 11.8 Å². The molecule has 3 aliphatic rings. The van der Waals surface area contributed by atoms with Crippen LogP contribution in [0.4, 0.5) is 0 Å². The summed E-state index contributed by atoms with van der Waals surface area (Å²) in [6.07, 6.45) is 8.59. The van der Waals surface area contributed by atoms with E-state index in [0.29, 0.717) is 19.1 Å². The molecular weight excluding hydrogens is 392 g/mol. The molecule has 1 N–H and O–H groups in total. The molecule has 3 rings (SSSR count). The number of aliphatic hydroxyl groups is 1. The molecule has 172 valence electrons. The van der Waals surface area contributed by atoms with E-state index in [9.17, 15) is 5.11 Å². The van der Waals surface area contributed by atoms with E-state index < -0.39 is 14.1 Å². The molecule has 1 heterocycles. The lowest BCUT2D eigenvalue weighted by Crippen LogP contribution is -2.54. The highest BCUT2D eigenvalue weighted by Crippen LogP contribution is 2.59. The van der Waals surface area contributed by atoms with E-state index in [1.54, 1.807) is 0 Å². The van der Waals surface area contributed by atoms with Crippen molar-refractivity contribution in [2.75, 3.05) is 13.2 Å². The molecule has 0 aromatic heterocycles. The van der Waals surface area contributed by atoms with Crippen LogP contribution in [0.15, 0.2) is 0 Å². The third-order valence-corrected chi connectivity index (χ3v) is 12.5. The van der Waals surface area contributed by atoms with Crippen LogP contribution in [0.2, 0.25) is 18.1 Å². The van der Waals surface area contributed by atoms with Gasteiger partial charge in [-0.3, -0.25) is 0 Å². The Morgan fingerprint density at radius 2 is 1.80 bits per heavy atom. The van der Waals surface area contributed by atoms with E-state index in [1.807, 2.05) is 0 Å². The minimum atomic E-state index is -1.88. The fraction of sp³-hybridized carbons (Fsp3) is 0.920. The lowest BCUT2D eigenvalue weighted by Gasteiger charge is -2.48. The molecule has 0 radical (unpaired) electrons. The third kappa shape index (κ3) is 5.15. The molecule has 0 bridgehead atoms. The average molecular weight is 437 g/mol. The average Bonchev–Trinajstić information content (AvgIpc) is 3.24. The van der Waals surface area contributed by atoms with Gasteiger partial charge in [0.15, 0.2) is 14.1 Å². The van der Waals surface area contributed by atoms with E-state index in [1.165, 1.54) is 25.7 Å². The van der Waals surface area contributed by atoms with Crippen LogP contribution in [0.5, 0.6) is 0 Å². The topological polar surface area (TPSA) is 47.9 Å². The quantitative estimate of drug-likeness (QED) is 0.310. The fourth-order valence-corrected chi connectivity index (χ4v) is 6.23. The van der Waals surface area contributed by atoms with Crippen molar-refractivity contribution in [1.29, 1.82) is 0 Å². The van der Waals surface area contributed by atoms with Crippen molar-refractivity contribution in [2.45, 2.75) is 115 Å². The first kappa shape index (κ1) is 24.3. The van der Waals surface area contributed by atoms with Crippen molar-refractivity contribution in [3.63, 3.8) is 0 Å². The Morgan fingerprint density at radius 1 is 1.13 bits per heavy atom. The van der Waals surface area contributed by atoms with Crippen LogP contribution in [0.25, 0.3) is 0 Å². The summed E-state index contributed by atoms with van der Waals surface area (Å²) in [5.41, 5.74) is 0. The minimum absolute atomic E-state index is 0.0118. The Bertz CT molecular complexity index is 623. The van der Waals surface area contributed by atoms with Gasteiger partial charge in [0.2, 0.25) is 0 Å². The Kier molecular flexibility index (Phi) is 7.79. The normalized spacial score (nSPS) is 31.2. The summed E-state index contributed by atoms with van der Waals surface area (Å²) in [4.78, 5) is 0. The van der Waals surface area contributed by atoms with Gasteiger partial charge in [0.05, 0.1) is 19.3 Å². The fourth-order valence-electron chi connectivity index (χ4n) is 4.99. The van der Waals surface area contributed by atoms with Crippen LogP contribution in [0, 0.1) is 29.6 Å².